The van der Waals surface area contributed by atoms with E-state index in [1.54, 1.807) is 0 Å². The fourth-order valence-corrected chi connectivity index (χ4v) is 4.52. The third-order valence-corrected chi connectivity index (χ3v) is 6.20. The van der Waals surface area contributed by atoms with Crippen LogP contribution in [0.5, 0.6) is 0 Å². The minimum atomic E-state index is -0.539. The molecule has 1 heterocycles. The molecule has 4 N–H and O–H groups in total. The van der Waals surface area contributed by atoms with Gasteiger partial charge in [0.05, 0.1) is 0 Å². The summed E-state index contributed by atoms with van der Waals surface area (Å²) in [4.78, 5) is 14.3. The van der Waals surface area contributed by atoms with Crippen molar-refractivity contribution in [3.63, 3.8) is 0 Å². The molecule has 0 radical (unpaired) electrons. The van der Waals surface area contributed by atoms with Gasteiger partial charge in [-0.2, -0.15) is 0 Å². The molecule has 2 aromatic rings. The van der Waals surface area contributed by atoms with Crippen LogP contribution in [0.2, 0.25) is 0 Å². The van der Waals surface area contributed by atoms with Gasteiger partial charge in [0.15, 0.2) is 0 Å². The molecule has 27 heavy (non-hydrogen) atoms. The molecule has 0 amide bonds. The van der Waals surface area contributed by atoms with E-state index >= 15 is 0 Å². The predicted molar refractivity (Wildman–Crippen MR) is 107 cm³/mol. The van der Waals surface area contributed by atoms with Gasteiger partial charge in [-0.3, -0.25) is 9.69 Å². The number of carbonyl (C=O) groups is 1. The zero-order valence-corrected chi connectivity index (χ0v) is 15.8. The summed E-state index contributed by atoms with van der Waals surface area (Å²) in [6.07, 6.45) is 3.63. The second kappa shape index (κ2) is 7.58. The number of likely N-dealkylation sites (tertiary alicyclic amines) is 1. The van der Waals surface area contributed by atoms with Crippen molar-refractivity contribution < 1.29 is 9.53 Å². The molecular formula is C22H29N3O2. The molecule has 0 bridgehead atoms. The van der Waals surface area contributed by atoms with Crippen LogP contribution in [0.4, 0.5) is 0 Å². The van der Waals surface area contributed by atoms with E-state index in [1.807, 2.05) is 0 Å². The maximum Gasteiger partial charge on any atom is 0.324 e. The van der Waals surface area contributed by atoms with Gasteiger partial charge in [-0.1, -0.05) is 48.9 Å². The van der Waals surface area contributed by atoms with Crippen molar-refractivity contribution in [3.8, 4) is 0 Å². The number of hydrogen-bond acceptors (Lipinski definition) is 5. The summed E-state index contributed by atoms with van der Waals surface area (Å²) in [7, 11) is 0. The highest BCUT2D eigenvalue weighted by molar-refractivity contribution is 5.83. The second-order valence-electron chi connectivity index (χ2n) is 8.11. The van der Waals surface area contributed by atoms with Gasteiger partial charge in [0.2, 0.25) is 0 Å². The van der Waals surface area contributed by atoms with E-state index < -0.39 is 6.04 Å². The number of nitrogens with two attached hydrogens (primary N) is 2. The number of carbonyl (C=O) groups excluding carboxylic acids is 1. The van der Waals surface area contributed by atoms with Gasteiger partial charge in [0.1, 0.15) is 12.8 Å². The molecule has 144 valence electrons. The minimum Gasteiger partial charge on any atom is -0.448 e. The number of fused-ring (bicyclic) bond motifs is 2. The Labute approximate surface area is 160 Å². The summed E-state index contributed by atoms with van der Waals surface area (Å²) in [5.74, 6) is 0.364. The SMILES string of the molecule is NCCCC[C@@H](N)C(=O)OCN1C[C@H]2C[C@@]2(c2ccc3ccccc3c2)C1. The summed E-state index contributed by atoms with van der Waals surface area (Å²) in [5, 5.41) is 2.57. The van der Waals surface area contributed by atoms with Gasteiger partial charge in [-0.15, -0.1) is 0 Å². The molecule has 5 heteroatoms. The van der Waals surface area contributed by atoms with E-state index in [-0.39, 0.29) is 11.4 Å². The Kier molecular flexibility index (Phi) is 5.17. The van der Waals surface area contributed by atoms with Crippen molar-refractivity contribution in [3.05, 3.63) is 48.0 Å². The molecule has 1 saturated heterocycles. The molecule has 4 rings (SSSR count). The first-order valence-electron chi connectivity index (χ1n) is 9.96. The first-order valence-corrected chi connectivity index (χ1v) is 9.96. The van der Waals surface area contributed by atoms with Crippen molar-refractivity contribution in [1.29, 1.82) is 0 Å². The van der Waals surface area contributed by atoms with Crippen LogP contribution in [0, 0.1) is 5.92 Å². The quantitative estimate of drug-likeness (QED) is 0.553. The molecule has 2 aliphatic rings. The highest BCUT2D eigenvalue weighted by atomic mass is 16.5. The highest BCUT2D eigenvalue weighted by Crippen LogP contribution is 2.59. The van der Waals surface area contributed by atoms with Crippen LogP contribution in [0.15, 0.2) is 42.5 Å². The molecule has 0 unspecified atom stereocenters. The van der Waals surface area contributed by atoms with Crippen LogP contribution >= 0.6 is 0 Å². The van der Waals surface area contributed by atoms with Gasteiger partial charge in [0, 0.05) is 18.5 Å². The Hall–Kier alpha value is -1.95. The first-order chi connectivity index (χ1) is 13.1. The van der Waals surface area contributed by atoms with Crippen LogP contribution in [-0.4, -0.2) is 43.3 Å². The lowest BCUT2D eigenvalue weighted by atomic mass is 9.93. The van der Waals surface area contributed by atoms with Crippen LogP contribution < -0.4 is 11.5 Å². The van der Waals surface area contributed by atoms with Crippen molar-refractivity contribution >= 4 is 16.7 Å². The third kappa shape index (κ3) is 3.72. The van der Waals surface area contributed by atoms with Crippen LogP contribution in [-0.2, 0) is 14.9 Å². The largest absolute Gasteiger partial charge is 0.448 e. The summed E-state index contributed by atoms with van der Waals surface area (Å²) in [6, 6.07) is 14.8. The maximum atomic E-state index is 12.1. The van der Waals surface area contributed by atoms with E-state index in [0.29, 0.717) is 25.6 Å². The van der Waals surface area contributed by atoms with Crippen LogP contribution in [0.3, 0.4) is 0 Å². The van der Waals surface area contributed by atoms with E-state index in [1.165, 1.54) is 22.8 Å². The number of piperidine rings is 1. The number of ether oxygens (including phenoxy) is 1. The normalized spacial score (nSPS) is 25.3. The standard InChI is InChI=1S/C22H29N3O2/c23-10-4-3-7-20(24)21(26)27-15-25-13-19-12-22(19,14-25)18-9-8-16-5-1-2-6-17(16)11-18/h1-2,5-6,8-9,11,19-20H,3-4,7,10,12-15,23-24H2/t19-,20-,22+/m1/s1. The molecule has 2 fully saturated rings. The molecule has 0 aromatic heterocycles. The zero-order valence-electron chi connectivity index (χ0n) is 15.8. The lowest BCUT2D eigenvalue weighted by Crippen LogP contribution is -2.36. The monoisotopic (exact) mass is 367 g/mol. The average Bonchev–Trinajstić information content (AvgIpc) is 3.27. The van der Waals surface area contributed by atoms with Crippen molar-refractivity contribution in [2.24, 2.45) is 17.4 Å². The molecular weight excluding hydrogens is 338 g/mol. The topological polar surface area (TPSA) is 81.6 Å². The summed E-state index contributed by atoms with van der Waals surface area (Å²) in [6.45, 7) is 2.91. The Morgan fingerprint density at radius 2 is 2.04 bits per heavy atom. The molecule has 0 spiro atoms. The highest BCUT2D eigenvalue weighted by Gasteiger charge is 2.60. The maximum absolute atomic E-state index is 12.1. The van der Waals surface area contributed by atoms with Gasteiger partial charge in [0.25, 0.3) is 0 Å². The number of hydrogen-bond donors (Lipinski definition) is 2. The van der Waals surface area contributed by atoms with E-state index in [9.17, 15) is 4.79 Å². The van der Waals surface area contributed by atoms with Gasteiger partial charge >= 0.3 is 5.97 Å². The number of nitrogens with zero attached hydrogens (tertiary/aromatic N) is 1. The van der Waals surface area contributed by atoms with E-state index in [0.717, 1.165) is 25.9 Å². The smallest absolute Gasteiger partial charge is 0.324 e. The molecule has 1 aliphatic carbocycles. The van der Waals surface area contributed by atoms with Crippen LogP contribution in [0.25, 0.3) is 10.8 Å². The van der Waals surface area contributed by atoms with Gasteiger partial charge < -0.3 is 16.2 Å². The van der Waals surface area contributed by atoms with Gasteiger partial charge in [-0.05, 0) is 48.1 Å². The predicted octanol–water partition coefficient (Wildman–Crippen LogP) is 2.37. The van der Waals surface area contributed by atoms with Crippen molar-refractivity contribution in [2.75, 3.05) is 26.4 Å². The Balaban J connectivity index is 1.33. The number of unbranched alkanes of at least 4 members (excludes halogenated alkanes) is 1. The molecule has 5 nitrogen and oxygen atoms in total. The fourth-order valence-electron chi connectivity index (χ4n) is 4.52. The Morgan fingerprint density at radius 1 is 1.22 bits per heavy atom. The van der Waals surface area contributed by atoms with E-state index in [2.05, 4.69) is 47.4 Å². The lowest BCUT2D eigenvalue weighted by molar-refractivity contribution is -0.150. The second-order valence-corrected chi connectivity index (χ2v) is 8.11. The first kappa shape index (κ1) is 18.4. The molecule has 3 atom stereocenters. The van der Waals surface area contributed by atoms with Crippen molar-refractivity contribution in [2.45, 2.75) is 37.1 Å². The van der Waals surface area contributed by atoms with Crippen LogP contribution in [0.1, 0.15) is 31.2 Å². The van der Waals surface area contributed by atoms with Gasteiger partial charge in [-0.25, -0.2) is 0 Å². The Morgan fingerprint density at radius 3 is 2.85 bits per heavy atom. The average molecular weight is 367 g/mol. The number of benzene rings is 2. The number of esters is 1. The minimum absolute atomic E-state index is 0.236. The third-order valence-electron chi connectivity index (χ3n) is 6.20. The number of rotatable bonds is 8. The molecule has 2 aromatic carbocycles. The fraction of sp³-hybridized carbons (Fsp3) is 0.500. The molecule has 1 saturated carbocycles. The summed E-state index contributed by atoms with van der Waals surface area (Å²) >= 11 is 0. The summed E-state index contributed by atoms with van der Waals surface area (Å²) < 4.78 is 5.47. The molecule has 1 aliphatic heterocycles. The lowest BCUT2D eigenvalue weighted by Gasteiger charge is -2.22. The Bertz CT molecular complexity index is 824. The van der Waals surface area contributed by atoms with E-state index in [4.69, 9.17) is 16.2 Å². The summed E-state index contributed by atoms with van der Waals surface area (Å²) in [5.41, 5.74) is 13.0. The van der Waals surface area contributed by atoms with Crippen molar-refractivity contribution in [1.82, 2.24) is 4.90 Å². The zero-order chi connectivity index (χ0) is 18.9.